The average molecular weight is 248 g/mol. The van der Waals surface area contributed by atoms with Crippen LogP contribution in [-0.2, 0) is 0 Å². The van der Waals surface area contributed by atoms with Gasteiger partial charge in [-0.1, -0.05) is 0 Å². The number of ether oxygens (including phenoxy) is 2. The molecule has 1 aromatic heterocycles. The van der Waals surface area contributed by atoms with Crippen LogP contribution in [0.15, 0.2) is 24.5 Å². The fraction of sp³-hybridized carbons (Fsp3) is 0.182. The van der Waals surface area contributed by atoms with E-state index in [0.717, 1.165) is 0 Å². The number of H-pyrrole nitrogens is 1. The summed E-state index contributed by atoms with van der Waals surface area (Å²) >= 11 is 0. The van der Waals surface area contributed by atoms with Crippen LogP contribution in [0.4, 0.5) is 5.95 Å². The molecule has 2 N–H and O–H groups in total. The molecule has 2 rings (SSSR count). The standard InChI is InChI=1S/C11H12N4O3/c1-17-8-4-3-7(5-9(8)18-2)10(16)14-11-12-6-13-15-11/h3-6H,1-2H3,(H2,12,13,14,15,16). The van der Waals surface area contributed by atoms with Crippen molar-refractivity contribution in [2.24, 2.45) is 0 Å². The van der Waals surface area contributed by atoms with Crippen molar-refractivity contribution in [2.75, 3.05) is 19.5 Å². The highest BCUT2D eigenvalue weighted by atomic mass is 16.5. The Kier molecular flexibility index (Phi) is 3.42. The van der Waals surface area contributed by atoms with E-state index < -0.39 is 0 Å². The topological polar surface area (TPSA) is 89.1 Å². The molecular weight excluding hydrogens is 236 g/mol. The number of benzene rings is 1. The molecule has 2 aromatic rings. The zero-order valence-corrected chi connectivity index (χ0v) is 9.93. The summed E-state index contributed by atoms with van der Waals surface area (Å²) in [5, 5.41) is 8.78. The van der Waals surface area contributed by atoms with E-state index in [1.807, 2.05) is 0 Å². The molecule has 94 valence electrons. The van der Waals surface area contributed by atoms with Gasteiger partial charge in [-0.25, -0.2) is 4.98 Å². The maximum absolute atomic E-state index is 11.9. The van der Waals surface area contributed by atoms with Crippen molar-refractivity contribution in [2.45, 2.75) is 0 Å². The van der Waals surface area contributed by atoms with Gasteiger partial charge in [0.05, 0.1) is 14.2 Å². The van der Waals surface area contributed by atoms with Crippen LogP contribution in [0.3, 0.4) is 0 Å². The second kappa shape index (κ2) is 5.17. The van der Waals surface area contributed by atoms with Crippen LogP contribution in [0.2, 0.25) is 0 Å². The van der Waals surface area contributed by atoms with Crippen molar-refractivity contribution in [3.05, 3.63) is 30.1 Å². The molecule has 0 radical (unpaired) electrons. The van der Waals surface area contributed by atoms with Gasteiger partial charge in [-0.3, -0.25) is 15.2 Å². The minimum atomic E-state index is -0.324. The maximum Gasteiger partial charge on any atom is 0.258 e. The Bertz CT molecular complexity index is 539. The number of hydrogen-bond acceptors (Lipinski definition) is 5. The SMILES string of the molecule is COc1ccc(C(=O)Nc2nc[nH]n2)cc1OC. The minimum absolute atomic E-state index is 0.217. The second-order valence-corrected chi connectivity index (χ2v) is 3.35. The summed E-state index contributed by atoms with van der Waals surface area (Å²) in [5.41, 5.74) is 0.428. The fourth-order valence-electron chi connectivity index (χ4n) is 1.42. The van der Waals surface area contributed by atoms with E-state index in [1.54, 1.807) is 18.2 Å². The third-order valence-corrected chi connectivity index (χ3v) is 2.29. The molecule has 7 heteroatoms. The number of carbonyl (C=O) groups is 1. The molecule has 0 aliphatic heterocycles. The van der Waals surface area contributed by atoms with E-state index >= 15 is 0 Å². The first-order valence-corrected chi connectivity index (χ1v) is 5.13. The Balaban J connectivity index is 2.20. The van der Waals surface area contributed by atoms with Crippen LogP contribution in [0.5, 0.6) is 11.5 Å². The average Bonchev–Trinajstić information content (AvgIpc) is 2.90. The molecule has 18 heavy (non-hydrogen) atoms. The Morgan fingerprint density at radius 3 is 2.67 bits per heavy atom. The predicted molar refractivity (Wildman–Crippen MR) is 63.9 cm³/mol. The number of amides is 1. The lowest BCUT2D eigenvalue weighted by atomic mass is 10.2. The van der Waals surface area contributed by atoms with Crippen molar-refractivity contribution in [3.8, 4) is 11.5 Å². The first kappa shape index (κ1) is 11.9. The lowest BCUT2D eigenvalue weighted by molar-refractivity contribution is 0.102. The fourth-order valence-corrected chi connectivity index (χ4v) is 1.42. The van der Waals surface area contributed by atoms with E-state index in [2.05, 4.69) is 20.5 Å². The van der Waals surface area contributed by atoms with Crippen LogP contribution in [0, 0.1) is 0 Å². The Hall–Kier alpha value is -2.57. The quantitative estimate of drug-likeness (QED) is 0.844. The van der Waals surface area contributed by atoms with E-state index in [9.17, 15) is 4.79 Å². The van der Waals surface area contributed by atoms with E-state index in [0.29, 0.717) is 17.1 Å². The molecule has 0 unspecified atom stereocenters. The summed E-state index contributed by atoms with van der Waals surface area (Å²) in [4.78, 5) is 15.7. The van der Waals surface area contributed by atoms with Gasteiger partial charge in [0.15, 0.2) is 11.5 Å². The van der Waals surface area contributed by atoms with Crippen LogP contribution >= 0.6 is 0 Å². The second-order valence-electron chi connectivity index (χ2n) is 3.35. The van der Waals surface area contributed by atoms with Gasteiger partial charge in [0.1, 0.15) is 6.33 Å². The number of hydrogen-bond donors (Lipinski definition) is 2. The molecule has 0 fully saturated rings. The van der Waals surface area contributed by atoms with Crippen molar-refractivity contribution in [1.29, 1.82) is 0 Å². The first-order valence-electron chi connectivity index (χ1n) is 5.13. The predicted octanol–water partition coefficient (Wildman–Crippen LogP) is 1.07. The number of rotatable bonds is 4. The van der Waals surface area contributed by atoms with Crippen molar-refractivity contribution in [3.63, 3.8) is 0 Å². The Morgan fingerprint density at radius 1 is 1.28 bits per heavy atom. The van der Waals surface area contributed by atoms with Crippen LogP contribution < -0.4 is 14.8 Å². The lowest BCUT2D eigenvalue weighted by Gasteiger charge is -2.08. The first-order chi connectivity index (χ1) is 8.74. The zero-order valence-electron chi connectivity index (χ0n) is 9.93. The summed E-state index contributed by atoms with van der Waals surface area (Å²) in [6.07, 6.45) is 1.38. The largest absolute Gasteiger partial charge is 0.493 e. The number of aromatic nitrogens is 3. The van der Waals surface area contributed by atoms with E-state index in [1.165, 1.54) is 20.5 Å². The molecule has 0 aliphatic rings. The Morgan fingerprint density at radius 2 is 2.06 bits per heavy atom. The maximum atomic E-state index is 11.9. The third kappa shape index (κ3) is 2.40. The van der Waals surface area contributed by atoms with Gasteiger partial charge in [-0.2, -0.15) is 0 Å². The molecule has 1 heterocycles. The van der Waals surface area contributed by atoms with Gasteiger partial charge in [-0.05, 0) is 18.2 Å². The summed E-state index contributed by atoms with van der Waals surface area (Å²) in [7, 11) is 3.04. The normalized spacial score (nSPS) is 9.89. The van der Waals surface area contributed by atoms with Gasteiger partial charge in [0.25, 0.3) is 5.91 Å². The number of aromatic amines is 1. The smallest absolute Gasteiger partial charge is 0.258 e. The number of nitrogens with one attached hydrogen (secondary N) is 2. The number of carbonyl (C=O) groups excluding carboxylic acids is 1. The number of nitrogens with zero attached hydrogens (tertiary/aromatic N) is 2. The molecule has 1 amide bonds. The van der Waals surface area contributed by atoms with Crippen LogP contribution in [0.1, 0.15) is 10.4 Å². The number of anilines is 1. The third-order valence-electron chi connectivity index (χ3n) is 2.29. The highest BCUT2D eigenvalue weighted by Gasteiger charge is 2.11. The highest BCUT2D eigenvalue weighted by molar-refractivity contribution is 6.03. The molecular formula is C11H12N4O3. The summed E-state index contributed by atoms with van der Waals surface area (Å²) in [5.74, 6) is 0.942. The van der Waals surface area contributed by atoms with Crippen LogP contribution in [-0.4, -0.2) is 35.3 Å². The van der Waals surface area contributed by atoms with E-state index in [-0.39, 0.29) is 11.9 Å². The lowest BCUT2D eigenvalue weighted by Crippen LogP contribution is -2.13. The molecule has 0 saturated heterocycles. The van der Waals surface area contributed by atoms with Gasteiger partial charge in [0.2, 0.25) is 5.95 Å². The van der Waals surface area contributed by atoms with Gasteiger partial charge < -0.3 is 9.47 Å². The molecule has 0 aliphatic carbocycles. The van der Waals surface area contributed by atoms with Crippen molar-refractivity contribution < 1.29 is 14.3 Å². The van der Waals surface area contributed by atoms with Gasteiger partial charge >= 0.3 is 0 Å². The molecule has 0 spiro atoms. The minimum Gasteiger partial charge on any atom is -0.493 e. The molecule has 7 nitrogen and oxygen atoms in total. The molecule has 0 saturated carbocycles. The number of methoxy groups -OCH3 is 2. The summed E-state index contributed by atoms with van der Waals surface area (Å²) < 4.78 is 10.2. The summed E-state index contributed by atoms with van der Waals surface area (Å²) in [6.45, 7) is 0. The Labute approximate surface area is 103 Å². The molecule has 1 aromatic carbocycles. The van der Waals surface area contributed by atoms with Crippen LogP contribution in [0.25, 0.3) is 0 Å². The zero-order chi connectivity index (χ0) is 13.0. The van der Waals surface area contributed by atoms with E-state index in [4.69, 9.17) is 9.47 Å². The van der Waals surface area contributed by atoms with Crippen molar-refractivity contribution >= 4 is 11.9 Å². The summed E-state index contributed by atoms with van der Waals surface area (Å²) in [6, 6.07) is 4.87. The van der Waals surface area contributed by atoms with Gasteiger partial charge in [-0.15, -0.1) is 5.10 Å². The van der Waals surface area contributed by atoms with Crippen molar-refractivity contribution in [1.82, 2.24) is 15.2 Å². The highest BCUT2D eigenvalue weighted by Crippen LogP contribution is 2.27. The monoisotopic (exact) mass is 248 g/mol. The molecule has 0 bridgehead atoms. The van der Waals surface area contributed by atoms with Gasteiger partial charge in [0, 0.05) is 5.56 Å². The molecule has 0 atom stereocenters.